The number of carbonyl (C=O) groups excluding carboxylic acids is 5. The van der Waals surface area contributed by atoms with Crippen LogP contribution in [0.25, 0.3) is 0 Å². The van der Waals surface area contributed by atoms with Crippen LogP contribution >= 0.6 is 0 Å². The highest BCUT2D eigenvalue weighted by Gasteiger charge is 2.56. The van der Waals surface area contributed by atoms with Crippen LogP contribution in [-0.2, 0) is 47.7 Å². The van der Waals surface area contributed by atoms with Gasteiger partial charge in [-0.25, -0.2) is 4.79 Å². The quantitative estimate of drug-likeness (QED) is 0.138. The van der Waals surface area contributed by atoms with Crippen LogP contribution in [0.5, 0.6) is 0 Å². The number of methoxy groups -OCH3 is 2. The molecule has 0 aromatic carbocycles. The summed E-state index contributed by atoms with van der Waals surface area (Å²) in [4.78, 5) is 71.0. The van der Waals surface area contributed by atoms with Gasteiger partial charge in [-0.15, -0.1) is 6.58 Å². The van der Waals surface area contributed by atoms with Crippen LogP contribution in [0.1, 0.15) is 131 Å². The number of piperidine rings is 1. The van der Waals surface area contributed by atoms with Gasteiger partial charge in [0.05, 0.1) is 31.0 Å². The molecule has 5 aliphatic rings. The minimum absolute atomic E-state index is 0.0689. The van der Waals surface area contributed by atoms with Crippen LogP contribution in [0.2, 0.25) is 0 Å². The van der Waals surface area contributed by atoms with E-state index in [1.807, 2.05) is 27.7 Å². The van der Waals surface area contributed by atoms with E-state index in [4.69, 9.17) is 23.7 Å². The summed E-state index contributed by atoms with van der Waals surface area (Å²) in [6, 6.07) is -1.17. The molecule has 2 saturated carbocycles. The van der Waals surface area contributed by atoms with Crippen molar-refractivity contribution >= 4 is 29.4 Å². The normalized spacial score (nSPS) is 37.7. The lowest BCUT2D eigenvalue weighted by Gasteiger charge is -2.47. The Bertz CT molecular complexity index is 1660. The van der Waals surface area contributed by atoms with Gasteiger partial charge in [0.25, 0.3) is 11.7 Å². The van der Waals surface area contributed by atoms with E-state index >= 15 is 0 Å². The van der Waals surface area contributed by atoms with Gasteiger partial charge < -0.3 is 39.0 Å². The Balaban J connectivity index is 1.47. The molecule has 0 radical (unpaired) electrons. The highest BCUT2D eigenvalue weighted by atomic mass is 16.7. The first-order chi connectivity index (χ1) is 29.5. The van der Waals surface area contributed by atoms with E-state index in [0.29, 0.717) is 58.0 Å². The number of rotatable bonds is 10. The number of allylic oxidation sites excluding steroid dienone is 3. The average Bonchev–Trinajstić information content (AvgIpc) is 4.11. The number of esters is 1. The van der Waals surface area contributed by atoms with Crippen molar-refractivity contribution in [2.45, 2.75) is 180 Å². The SMILES string of the molecule is C=CCOC1CC(C=C(C)C2OC(=O)C3CCCCN3C(=O)C(=O)C3(O)OC(C(OC)CC(C)CC(C)=CC(CC)C(=O)CCC2C)C(OC)CC3C)CCC1NC(=O)C1CC1. The fourth-order valence-corrected chi connectivity index (χ4v) is 10.3. The van der Waals surface area contributed by atoms with Gasteiger partial charge in [0.2, 0.25) is 11.7 Å². The Morgan fingerprint density at radius 3 is 2.35 bits per heavy atom. The van der Waals surface area contributed by atoms with Crippen LogP contribution in [0.15, 0.2) is 36.0 Å². The number of ketones is 2. The first kappa shape index (κ1) is 49.8. The van der Waals surface area contributed by atoms with Crippen LogP contribution in [0.3, 0.4) is 0 Å². The lowest BCUT2D eigenvalue weighted by molar-refractivity contribution is -0.302. The Morgan fingerprint density at radius 1 is 0.984 bits per heavy atom. The number of carbonyl (C=O) groups is 5. The van der Waals surface area contributed by atoms with Crippen molar-refractivity contribution in [2.75, 3.05) is 27.4 Å². The zero-order valence-electron chi connectivity index (χ0n) is 38.7. The van der Waals surface area contributed by atoms with Gasteiger partial charge in [0, 0.05) is 44.9 Å². The first-order valence-electron chi connectivity index (χ1n) is 23.5. The van der Waals surface area contributed by atoms with Gasteiger partial charge in [0.15, 0.2) is 0 Å². The summed E-state index contributed by atoms with van der Waals surface area (Å²) in [6.45, 7) is 16.1. The Hall–Kier alpha value is -3.23. The average molecular weight is 869 g/mol. The molecule has 3 heterocycles. The third-order valence-electron chi connectivity index (χ3n) is 14.2. The van der Waals surface area contributed by atoms with Gasteiger partial charge in [-0.2, -0.15) is 0 Å². The Labute approximate surface area is 370 Å². The number of nitrogens with zero attached hydrogens (tertiary/aromatic N) is 1. The molecular formula is C49H76N2O11. The second-order valence-corrected chi connectivity index (χ2v) is 19.2. The van der Waals surface area contributed by atoms with Gasteiger partial charge in [-0.3, -0.25) is 19.2 Å². The third kappa shape index (κ3) is 12.3. The third-order valence-corrected chi connectivity index (χ3v) is 14.2. The lowest BCUT2D eigenvalue weighted by atomic mass is 9.81. The van der Waals surface area contributed by atoms with Crippen molar-refractivity contribution in [1.29, 1.82) is 0 Å². The number of Topliss-reactive ketones (excluding diaryl/α,β-unsaturated/α-hetero) is 2. The van der Waals surface area contributed by atoms with Gasteiger partial charge in [0.1, 0.15) is 24.0 Å². The topological polar surface area (TPSA) is 167 Å². The molecule has 13 heteroatoms. The molecule has 4 fully saturated rings. The van der Waals surface area contributed by atoms with Crippen molar-refractivity contribution in [3.8, 4) is 0 Å². The smallest absolute Gasteiger partial charge is 0.329 e. The van der Waals surface area contributed by atoms with E-state index in [1.54, 1.807) is 27.2 Å². The monoisotopic (exact) mass is 869 g/mol. The maximum Gasteiger partial charge on any atom is 0.329 e. The zero-order valence-corrected chi connectivity index (χ0v) is 38.7. The van der Waals surface area contributed by atoms with Crippen molar-refractivity contribution in [3.63, 3.8) is 0 Å². The molecule has 13 unspecified atom stereocenters. The van der Waals surface area contributed by atoms with Gasteiger partial charge in [-0.05, 0) is 121 Å². The summed E-state index contributed by atoms with van der Waals surface area (Å²) in [7, 11) is 3.11. The largest absolute Gasteiger partial charge is 0.456 e. The molecular weight excluding hydrogens is 793 g/mol. The number of aliphatic hydroxyl groups is 1. The first-order valence-corrected chi connectivity index (χ1v) is 23.5. The number of hydrogen-bond acceptors (Lipinski definition) is 11. The predicted octanol–water partition coefficient (Wildman–Crippen LogP) is 6.59. The standard InChI is InChI=1S/C49H76N2O11/c1-10-22-60-40-28-34(16-19-37(40)50-46(54)36-17-18-36)26-32(6)43-31(5)15-20-39(52)35(11-2)24-29(3)23-30(4)25-41(58-8)44-42(59-9)27-33(7)49(57,62-44)45(53)47(55)51-21-13-12-14-38(51)48(56)61-43/h10,24,26,30-31,33-38,40-44,57H,1,11-23,25,27-28H2,2-9H3,(H,50,54). The minimum Gasteiger partial charge on any atom is -0.456 e. The van der Waals surface area contributed by atoms with E-state index in [2.05, 4.69) is 31.0 Å². The highest BCUT2D eigenvalue weighted by molar-refractivity contribution is 6.39. The van der Waals surface area contributed by atoms with E-state index in [-0.39, 0.29) is 72.8 Å². The molecule has 2 amide bonds. The van der Waals surface area contributed by atoms with Crippen LogP contribution in [0, 0.1) is 35.5 Å². The minimum atomic E-state index is -2.48. The molecule has 5 rings (SSSR count). The summed E-state index contributed by atoms with van der Waals surface area (Å²) in [6.07, 6.45) is 11.4. The summed E-state index contributed by atoms with van der Waals surface area (Å²) in [5, 5.41) is 15.3. The molecule has 2 saturated heterocycles. The van der Waals surface area contributed by atoms with E-state index in [9.17, 15) is 29.1 Å². The molecule has 13 atom stereocenters. The lowest BCUT2D eigenvalue weighted by Crippen LogP contribution is -2.64. The molecule has 2 aliphatic carbocycles. The number of cyclic esters (lactones) is 1. The van der Waals surface area contributed by atoms with Gasteiger partial charge >= 0.3 is 5.97 Å². The van der Waals surface area contributed by atoms with E-state index < -0.39 is 59.8 Å². The van der Waals surface area contributed by atoms with E-state index in [1.165, 1.54) is 4.90 Å². The number of nitrogens with one attached hydrogen (secondary N) is 1. The summed E-state index contributed by atoms with van der Waals surface area (Å²) in [5.74, 6) is -6.11. The van der Waals surface area contributed by atoms with E-state index in [0.717, 1.165) is 36.8 Å². The number of fused-ring (bicyclic) bond motifs is 3. The molecule has 348 valence electrons. The molecule has 62 heavy (non-hydrogen) atoms. The number of hydrogen-bond donors (Lipinski definition) is 2. The molecule has 13 nitrogen and oxygen atoms in total. The molecule has 3 aliphatic heterocycles. The van der Waals surface area contributed by atoms with Crippen molar-refractivity contribution in [2.24, 2.45) is 35.5 Å². The maximum atomic E-state index is 14.5. The zero-order chi connectivity index (χ0) is 45.3. The molecule has 2 N–H and O–H groups in total. The fourth-order valence-electron chi connectivity index (χ4n) is 10.3. The fraction of sp³-hybridized carbons (Fsp3) is 0.776. The molecule has 0 aromatic heterocycles. The Kier molecular flexibility index (Phi) is 18.1. The Morgan fingerprint density at radius 2 is 1.69 bits per heavy atom. The molecule has 0 spiro atoms. The van der Waals surface area contributed by atoms with Crippen LogP contribution in [0.4, 0.5) is 0 Å². The predicted molar refractivity (Wildman–Crippen MR) is 234 cm³/mol. The molecule has 2 bridgehead atoms. The number of amides is 2. The summed E-state index contributed by atoms with van der Waals surface area (Å²) in [5.41, 5.74) is 1.90. The van der Waals surface area contributed by atoms with Crippen molar-refractivity contribution < 1.29 is 52.8 Å². The summed E-state index contributed by atoms with van der Waals surface area (Å²) >= 11 is 0. The number of ether oxygens (including phenoxy) is 5. The second kappa shape index (κ2) is 22.6. The second-order valence-electron chi connectivity index (χ2n) is 19.2. The van der Waals surface area contributed by atoms with Crippen LogP contribution < -0.4 is 5.32 Å². The van der Waals surface area contributed by atoms with Crippen LogP contribution in [-0.4, -0.2) is 115 Å². The highest BCUT2D eigenvalue weighted by Crippen LogP contribution is 2.39. The molecule has 0 aromatic rings. The maximum absolute atomic E-state index is 14.5. The summed E-state index contributed by atoms with van der Waals surface area (Å²) < 4.78 is 30.7. The van der Waals surface area contributed by atoms with Crippen molar-refractivity contribution in [1.82, 2.24) is 10.2 Å². The van der Waals surface area contributed by atoms with Crippen molar-refractivity contribution in [3.05, 3.63) is 36.0 Å². The van der Waals surface area contributed by atoms with Gasteiger partial charge in [-0.1, -0.05) is 51.5 Å².